The highest BCUT2D eigenvalue weighted by atomic mass is 16.5. The first-order valence-corrected chi connectivity index (χ1v) is 10.6. The van der Waals surface area contributed by atoms with Gasteiger partial charge in [-0.05, 0) is 48.7 Å². The van der Waals surface area contributed by atoms with E-state index in [1.165, 1.54) is 13.2 Å². The van der Waals surface area contributed by atoms with Crippen LogP contribution in [0.5, 0.6) is 11.5 Å². The van der Waals surface area contributed by atoms with Gasteiger partial charge in [0.1, 0.15) is 11.6 Å². The van der Waals surface area contributed by atoms with Crippen LogP contribution in [0.2, 0.25) is 0 Å². The summed E-state index contributed by atoms with van der Waals surface area (Å²) >= 11 is 0. The molecule has 0 atom stereocenters. The maximum Gasteiger partial charge on any atom is 0.266 e. The van der Waals surface area contributed by atoms with E-state index in [9.17, 15) is 14.9 Å². The van der Waals surface area contributed by atoms with Crippen molar-refractivity contribution in [3.8, 4) is 17.6 Å². The molecular weight excluding hydrogens is 422 g/mol. The average Bonchev–Trinajstić information content (AvgIpc) is 2.84. The summed E-state index contributed by atoms with van der Waals surface area (Å²) in [6.07, 6.45) is 1.48. The van der Waals surface area contributed by atoms with Crippen molar-refractivity contribution in [1.29, 1.82) is 5.26 Å². The first-order chi connectivity index (χ1) is 15.9. The topological polar surface area (TPSA) is 101 Å². The fraction of sp³-hybridized carbons (Fsp3) is 0.320. The van der Waals surface area contributed by atoms with Crippen molar-refractivity contribution >= 4 is 23.6 Å². The van der Waals surface area contributed by atoms with E-state index in [-0.39, 0.29) is 18.1 Å². The summed E-state index contributed by atoms with van der Waals surface area (Å²) < 4.78 is 16.3. The van der Waals surface area contributed by atoms with Crippen molar-refractivity contribution in [2.75, 3.05) is 45.3 Å². The van der Waals surface area contributed by atoms with Gasteiger partial charge in [-0.3, -0.25) is 9.59 Å². The Morgan fingerprint density at radius 1 is 1.15 bits per heavy atom. The van der Waals surface area contributed by atoms with Crippen LogP contribution in [0, 0.1) is 25.2 Å². The molecule has 1 aliphatic rings. The molecule has 2 aromatic carbocycles. The number of morpholine rings is 1. The lowest BCUT2D eigenvalue weighted by molar-refractivity contribution is -0.137. The number of para-hydroxylation sites is 1. The number of carbonyl (C=O) groups excluding carboxylic acids is 2. The van der Waals surface area contributed by atoms with Gasteiger partial charge < -0.3 is 24.4 Å². The molecule has 1 saturated heterocycles. The highest BCUT2D eigenvalue weighted by Crippen LogP contribution is 2.29. The zero-order valence-corrected chi connectivity index (χ0v) is 19.0. The SMILES string of the molecule is COc1cc(/C=C(\C#N)C(=O)Nc2c(C)cccc2C)ccc1OCC(=O)N1CCOCC1. The van der Waals surface area contributed by atoms with Gasteiger partial charge in [0.05, 0.1) is 20.3 Å². The number of nitrogens with one attached hydrogen (secondary N) is 1. The van der Waals surface area contributed by atoms with Gasteiger partial charge in [0, 0.05) is 18.8 Å². The largest absolute Gasteiger partial charge is 0.493 e. The molecule has 8 nitrogen and oxygen atoms in total. The fourth-order valence-corrected chi connectivity index (χ4v) is 3.44. The Labute approximate surface area is 193 Å². The van der Waals surface area contributed by atoms with Crippen LogP contribution in [-0.4, -0.2) is 56.7 Å². The van der Waals surface area contributed by atoms with E-state index in [0.717, 1.165) is 11.1 Å². The second-order valence-electron chi connectivity index (χ2n) is 7.58. The fourth-order valence-electron chi connectivity index (χ4n) is 3.44. The minimum absolute atomic E-state index is 0.0455. The lowest BCUT2D eigenvalue weighted by Gasteiger charge is -2.26. The number of amides is 2. The quantitative estimate of drug-likeness (QED) is 0.515. The average molecular weight is 450 g/mol. The molecule has 0 spiro atoms. The van der Waals surface area contributed by atoms with Gasteiger partial charge in [0.15, 0.2) is 18.1 Å². The molecule has 2 amide bonds. The number of hydrogen-bond acceptors (Lipinski definition) is 6. The van der Waals surface area contributed by atoms with Gasteiger partial charge in [0.25, 0.3) is 11.8 Å². The molecular formula is C25H27N3O5. The van der Waals surface area contributed by atoms with Crippen LogP contribution in [0.3, 0.4) is 0 Å². The predicted molar refractivity (Wildman–Crippen MR) is 124 cm³/mol. The third-order valence-electron chi connectivity index (χ3n) is 5.30. The number of anilines is 1. The van der Waals surface area contributed by atoms with Crippen LogP contribution < -0.4 is 14.8 Å². The third-order valence-corrected chi connectivity index (χ3v) is 5.30. The maximum absolute atomic E-state index is 12.7. The molecule has 0 bridgehead atoms. The highest BCUT2D eigenvalue weighted by Gasteiger charge is 2.18. The maximum atomic E-state index is 12.7. The van der Waals surface area contributed by atoms with E-state index in [1.54, 1.807) is 23.1 Å². The molecule has 0 aromatic heterocycles. The van der Waals surface area contributed by atoms with Crippen LogP contribution >= 0.6 is 0 Å². The summed E-state index contributed by atoms with van der Waals surface area (Å²) in [6, 6.07) is 12.6. The number of benzene rings is 2. The number of hydrogen-bond donors (Lipinski definition) is 1. The molecule has 2 aromatic rings. The number of ether oxygens (including phenoxy) is 3. The van der Waals surface area contributed by atoms with Crippen LogP contribution in [0.1, 0.15) is 16.7 Å². The van der Waals surface area contributed by atoms with Crippen LogP contribution in [0.4, 0.5) is 5.69 Å². The summed E-state index contributed by atoms with van der Waals surface area (Å²) in [4.78, 5) is 26.7. The predicted octanol–water partition coefficient (Wildman–Crippen LogP) is 3.10. The van der Waals surface area contributed by atoms with Crippen molar-refractivity contribution in [3.05, 3.63) is 58.7 Å². The van der Waals surface area contributed by atoms with Crippen LogP contribution in [0.25, 0.3) is 6.08 Å². The minimum atomic E-state index is -0.495. The second-order valence-corrected chi connectivity index (χ2v) is 7.58. The molecule has 1 heterocycles. The van der Waals surface area contributed by atoms with Crippen molar-refractivity contribution < 1.29 is 23.8 Å². The van der Waals surface area contributed by atoms with Crippen LogP contribution in [-0.2, 0) is 14.3 Å². The molecule has 33 heavy (non-hydrogen) atoms. The lowest BCUT2D eigenvalue weighted by atomic mass is 10.1. The van der Waals surface area contributed by atoms with Crippen LogP contribution in [0.15, 0.2) is 42.0 Å². The summed E-state index contributed by atoms with van der Waals surface area (Å²) in [6.45, 7) is 5.81. The van der Waals surface area contributed by atoms with E-state index >= 15 is 0 Å². The normalized spacial score (nSPS) is 13.8. The summed E-state index contributed by atoms with van der Waals surface area (Å²) in [5.74, 6) is 0.172. The van der Waals surface area contributed by atoms with Crippen molar-refractivity contribution in [2.45, 2.75) is 13.8 Å². The first-order valence-electron chi connectivity index (χ1n) is 10.6. The summed E-state index contributed by atoms with van der Waals surface area (Å²) in [5, 5.41) is 12.4. The summed E-state index contributed by atoms with van der Waals surface area (Å²) in [5.41, 5.74) is 3.06. The van der Waals surface area contributed by atoms with E-state index in [4.69, 9.17) is 14.2 Å². The number of aryl methyl sites for hydroxylation is 2. The molecule has 1 fully saturated rings. The Morgan fingerprint density at radius 3 is 2.48 bits per heavy atom. The molecule has 0 aliphatic carbocycles. The number of methoxy groups -OCH3 is 1. The molecule has 1 aliphatic heterocycles. The number of rotatable bonds is 7. The Balaban J connectivity index is 1.72. The Kier molecular flexibility index (Phi) is 8.06. The second kappa shape index (κ2) is 11.2. The van der Waals surface area contributed by atoms with E-state index < -0.39 is 5.91 Å². The number of nitrogens with zero attached hydrogens (tertiary/aromatic N) is 2. The Hall–Kier alpha value is -3.83. The summed E-state index contributed by atoms with van der Waals surface area (Å²) in [7, 11) is 1.48. The van der Waals surface area contributed by atoms with E-state index in [0.29, 0.717) is 49.1 Å². The smallest absolute Gasteiger partial charge is 0.266 e. The van der Waals surface area contributed by atoms with Crippen molar-refractivity contribution in [1.82, 2.24) is 4.90 Å². The van der Waals surface area contributed by atoms with E-state index in [1.807, 2.05) is 38.1 Å². The zero-order valence-electron chi connectivity index (χ0n) is 19.0. The molecule has 0 saturated carbocycles. The van der Waals surface area contributed by atoms with Gasteiger partial charge >= 0.3 is 0 Å². The molecule has 0 unspecified atom stereocenters. The molecule has 0 radical (unpaired) electrons. The number of carbonyl (C=O) groups is 2. The van der Waals surface area contributed by atoms with Gasteiger partial charge in [0.2, 0.25) is 0 Å². The van der Waals surface area contributed by atoms with Gasteiger partial charge in [-0.15, -0.1) is 0 Å². The van der Waals surface area contributed by atoms with E-state index in [2.05, 4.69) is 5.32 Å². The number of nitriles is 1. The molecule has 3 rings (SSSR count). The molecule has 172 valence electrons. The molecule has 1 N–H and O–H groups in total. The van der Waals surface area contributed by atoms with Gasteiger partial charge in [-0.1, -0.05) is 24.3 Å². The monoisotopic (exact) mass is 449 g/mol. The third kappa shape index (κ3) is 6.11. The lowest BCUT2D eigenvalue weighted by Crippen LogP contribution is -2.43. The first kappa shape index (κ1) is 23.8. The molecule has 8 heteroatoms. The Morgan fingerprint density at radius 2 is 1.85 bits per heavy atom. The van der Waals surface area contributed by atoms with Crippen molar-refractivity contribution in [2.24, 2.45) is 0 Å². The zero-order chi connectivity index (χ0) is 23.8. The Bertz CT molecular complexity index is 1080. The van der Waals surface area contributed by atoms with Crippen molar-refractivity contribution in [3.63, 3.8) is 0 Å². The minimum Gasteiger partial charge on any atom is -0.493 e. The van der Waals surface area contributed by atoms with Gasteiger partial charge in [-0.2, -0.15) is 5.26 Å². The highest BCUT2D eigenvalue weighted by molar-refractivity contribution is 6.10. The van der Waals surface area contributed by atoms with Gasteiger partial charge in [-0.25, -0.2) is 0 Å². The standard InChI is InChI=1S/C25H27N3O5/c1-17-5-4-6-18(2)24(17)27-25(30)20(15-26)13-19-7-8-21(22(14-19)31-3)33-16-23(29)28-9-11-32-12-10-28/h4-8,13-14H,9-12,16H2,1-3H3,(H,27,30)/b20-13+.